The molecule has 3 atom stereocenters. The van der Waals surface area contributed by atoms with Crippen LogP contribution in [0.4, 0.5) is 0 Å². The van der Waals surface area contributed by atoms with E-state index in [1.807, 2.05) is 0 Å². The molecule has 0 rings (SSSR count). The van der Waals surface area contributed by atoms with Gasteiger partial charge in [0.1, 0.15) is 0 Å². The third-order valence-electron chi connectivity index (χ3n) is 2.59. The zero-order chi connectivity index (χ0) is 15.9. The molecule has 20 heavy (non-hydrogen) atoms. The van der Waals surface area contributed by atoms with Gasteiger partial charge in [-0.1, -0.05) is 0 Å². The minimum Gasteiger partial charge on any atom is -0.369 e. The van der Waals surface area contributed by atoms with Gasteiger partial charge in [-0.25, -0.2) is 5.11 Å². The molecule has 4 N–H and O–H groups in total. The molecule has 1 radical (unpaired) electrons. The predicted octanol–water partition coefficient (Wildman–Crippen LogP) is -1.89. The maximum atomic E-state index is 11.9. The number of nitrogens with one attached hydrogen (secondary N) is 2. The lowest BCUT2D eigenvalue weighted by molar-refractivity contribution is -0.287. The molecule has 9 heteroatoms. The first-order valence-electron chi connectivity index (χ1n) is 5.95. The minimum absolute atomic E-state index is 0.194. The molecule has 115 valence electrons. The van der Waals surface area contributed by atoms with Gasteiger partial charge in [-0.3, -0.25) is 14.4 Å². The van der Waals surface area contributed by atoms with E-state index in [1.54, 1.807) is 6.92 Å². The van der Waals surface area contributed by atoms with Crippen molar-refractivity contribution in [2.75, 3.05) is 20.7 Å². The van der Waals surface area contributed by atoms with Gasteiger partial charge >= 0.3 is 5.79 Å². The molecule has 0 heterocycles. The molecule has 0 aliphatic heterocycles. The van der Waals surface area contributed by atoms with Crippen molar-refractivity contribution >= 4 is 17.7 Å². The standard InChI is InChI=1S/C11H20N3O6/c1-5-14-10(18)11(19-4,9(17)13-3)20-8(16)6(2)7(12)15/h6,8H,5H2,1-4H3,(H2,12,15)(H,13,17)(H,14,18). The van der Waals surface area contributed by atoms with Crippen molar-refractivity contribution in [3.63, 3.8) is 0 Å². The Morgan fingerprint density at radius 3 is 2.20 bits per heavy atom. The first kappa shape index (κ1) is 18.3. The Morgan fingerprint density at radius 2 is 1.85 bits per heavy atom. The Bertz CT molecular complexity index is 375. The number of amides is 3. The van der Waals surface area contributed by atoms with Crippen molar-refractivity contribution in [1.29, 1.82) is 0 Å². The molecule has 0 saturated heterocycles. The molecule has 0 spiro atoms. The van der Waals surface area contributed by atoms with Gasteiger partial charge in [-0.05, 0) is 13.8 Å². The van der Waals surface area contributed by atoms with Crippen molar-refractivity contribution < 1.29 is 29.0 Å². The summed E-state index contributed by atoms with van der Waals surface area (Å²) in [4.78, 5) is 34.7. The normalized spacial score (nSPS) is 16.6. The molecule has 0 aromatic carbocycles. The van der Waals surface area contributed by atoms with Crippen molar-refractivity contribution in [2.45, 2.75) is 25.9 Å². The highest BCUT2D eigenvalue weighted by molar-refractivity contribution is 6.06. The largest absolute Gasteiger partial charge is 0.369 e. The van der Waals surface area contributed by atoms with Crippen molar-refractivity contribution in [3.8, 4) is 0 Å². The van der Waals surface area contributed by atoms with Gasteiger partial charge in [0.15, 0.2) is 0 Å². The van der Waals surface area contributed by atoms with Gasteiger partial charge in [-0.15, -0.1) is 0 Å². The Morgan fingerprint density at radius 1 is 1.30 bits per heavy atom. The fourth-order valence-corrected chi connectivity index (χ4v) is 1.28. The van der Waals surface area contributed by atoms with Crippen LogP contribution in [-0.4, -0.2) is 50.5 Å². The highest BCUT2D eigenvalue weighted by Gasteiger charge is 2.50. The van der Waals surface area contributed by atoms with E-state index in [9.17, 15) is 19.5 Å². The first-order chi connectivity index (χ1) is 9.26. The maximum Gasteiger partial charge on any atom is 0.333 e. The Hall–Kier alpha value is -1.71. The Labute approximate surface area is 116 Å². The number of carbonyl (C=O) groups excluding carboxylic acids is 3. The van der Waals surface area contributed by atoms with E-state index in [0.717, 1.165) is 7.11 Å². The van der Waals surface area contributed by atoms with Gasteiger partial charge in [0.05, 0.1) is 5.92 Å². The molecule has 9 nitrogen and oxygen atoms in total. The third kappa shape index (κ3) is 3.89. The topological polar surface area (TPSA) is 140 Å². The Balaban J connectivity index is 5.36. The Kier molecular flexibility index (Phi) is 7.11. The lowest BCUT2D eigenvalue weighted by Crippen LogP contribution is -2.61. The van der Waals surface area contributed by atoms with Crippen LogP contribution in [0.1, 0.15) is 13.8 Å². The summed E-state index contributed by atoms with van der Waals surface area (Å²) in [6.07, 6.45) is -2.03. The van der Waals surface area contributed by atoms with Crippen molar-refractivity contribution in [3.05, 3.63) is 0 Å². The van der Waals surface area contributed by atoms with Gasteiger partial charge in [0.2, 0.25) is 12.2 Å². The fourth-order valence-electron chi connectivity index (χ4n) is 1.28. The molecule has 0 aromatic heterocycles. The van der Waals surface area contributed by atoms with Crippen LogP contribution in [-0.2, 0) is 29.0 Å². The lowest BCUT2D eigenvalue weighted by Gasteiger charge is -2.31. The number of rotatable bonds is 8. The summed E-state index contributed by atoms with van der Waals surface area (Å²) < 4.78 is 9.68. The monoisotopic (exact) mass is 290 g/mol. The summed E-state index contributed by atoms with van der Waals surface area (Å²) in [7, 11) is 2.28. The van der Waals surface area contributed by atoms with E-state index < -0.39 is 35.7 Å². The SMILES string of the molecule is CCNC(=O)C(OC)(OC([O])C(C)C(N)=O)C(=O)NC. The number of ether oxygens (including phenoxy) is 2. The fraction of sp³-hybridized carbons (Fsp3) is 0.727. The number of nitrogens with two attached hydrogens (primary N) is 1. The van der Waals surface area contributed by atoms with Crippen LogP contribution in [0.25, 0.3) is 0 Å². The van der Waals surface area contributed by atoms with E-state index in [-0.39, 0.29) is 6.54 Å². The second kappa shape index (κ2) is 7.78. The van der Waals surface area contributed by atoms with Crippen LogP contribution in [0.15, 0.2) is 0 Å². The number of primary amides is 1. The number of methoxy groups -OCH3 is 1. The smallest absolute Gasteiger partial charge is 0.333 e. The predicted molar refractivity (Wildman–Crippen MR) is 66.4 cm³/mol. The van der Waals surface area contributed by atoms with Crippen molar-refractivity contribution in [2.24, 2.45) is 11.7 Å². The summed E-state index contributed by atoms with van der Waals surface area (Å²) in [5.41, 5.74) is 4.98. The summed E-state index contributed by atoms with van der Waals surface area (Å²) in [6, 6.07) is 0. The summed E-state index contributed by atoms with van der Waals surface area (Å²) in [5.74, 6) is -6.55. The molecule has 0 saturated carbocycles. The number of likely N-dealkylation sites (N-methyl/N-ethyl adjacent to an activating group) is 2. The molecule has 0 fully saturated rings. The zero-order valence-electron chi connectivity index (χ0n) is 11.9. The average molecular weight is 290 g/mol. The van der Waals surface area contributed by atoms with E-state index in [4.69, 9.17) is 15.2 Å². The van der Waals surface area contributed by atoms with E-state index in [1.165, 1.54) is 14.0 Å². The zero-order valence-corrected chi connectivity index (χ0v) is 11.9. The minimum atomic E-state index is -2.47. The first-order valence-corrected chi connectivity index (χ1v) is 5.95. The van der Waals surface area contributed by atoms with Crippen LogP contribution in [0.2, 0.25) is 0 Å². The number of carbonyl (C=O) groups is 3. The summed E-state index contributed by atoms with van der Waals surface area (Å²) in [5, 5.41) is 16.3. The van der Waals surface area contributed by atoms with Gasteiger partial charge in [-0.2, -0.15) is 0 Å². The van der Waals surface area contributed by atoms with Gasteiger partial charge in [0, 0.05) is 20.7 Å². The van der Waals surface area contributed by atoms with Crippen molar-refractivity contribution in [1.82, 2.24) is 10.6 Å². The summed E-state index contributed by atoms with van der Waals surface area (Å²) in [6.45, 7) is 3.03. The van der Waals surface area contributed by atoms with Crippen LogP contribution in [0.3, 0.4) is 0 Å². The molecule has 3 amide bonds. The van der Waals surface area contributed by atoms with Crippen LogP contribution in [0, 0.1) is 5.92 Å². The second-order valence-electron chi connectivity index (χ2n) is 3.94. The molecule has 0 aliphatic carbocycles. The van der Waals surface area contributed by atoms with Gasteiger partial charge < -0.3 is 25.8 Å². The van der Waals surface area contributed by atoms with Crippen LogP contribution < -0.4 is 16.4 Å². The summed E-state index contributed by atoms with van der Waals surface area (Å²) >= 11 is 0. The van der Waals surface area contributed by atoms with Crippen LogP contribution in [0.5, 0.6) is 0 Å². The van der Waals surface area contributed by atoms with E-state index in [0.29, 0.717) is 0 Å². The molecule has 0 aromatic rings. The average Bonchev–Trinajstić information content (AvgIpc) is 2.42. The highest BCUT2D eigenvalue weighted by atomic mass is 16.8. The number of hydrogen-bond acceptors (Lipinski definition) is 5. The lowest BCUT2D eigenvalue weighted by atomic mass is 10.1. The van der Waals surface area contributed by atoms with Crippen LogP contribution >= 0.6 is 0 Å². The van der Waals surface area contributed by atoms with E-state index in [2.05, 4.69) is 10.6 Å². The third-order valence-corrected chi connectivity index (χ3v) is 2.59. The molecule has 3 unspecified atom stereocenters. The highest BCUT2D eigenvalue weighted by Crippen LogP contribution is 2.19. The second-order valence-corrected chi connectivity index (χ2v) is 3.94. The van der Waals surface area contributed by atoms with Gasteiger partial charge in [0.25, 0.3) is 11.8 Å². The quantitative estimate of drug-likeness (QED) is 0.354. The molecular weight excluding hydrogens is 270 g/mol. The molecule has 0 bridgehead atoms. The molecular formula is C11H20N3O6. The maximum absolute atomic E-state index is 11.9. The van der Waals surface area contributed by atoms with E-state index >= 15 is 0 Å². The molecule has 0 aliphatic rings. The number of hydrogen-bond donors (Lipinski definition) is 3.